The van der Waals surface area contributed by atoms with E-state index in [-0.39, 0.29) is 23.9 Å². The molecule has 0 bridgehead atoms. The number of aryl methyl sites for hydroxylation is 1. The van der Waals surface area contributed by atoms with Crippen molar-refractivity contribution in [3.05, 3.63) is 67.9 Å². The van der Waals surface area contributed by atoms with Crippen LogP contribution in [-0.2, 0) is 13.0 Å². The highest BCUT2D eigenvalue weighted by atomic mass is 79.9. The molecule has 0 aliphatic rings. The fourth-order valence-corrected chi connectivity index (χ4v) is 2.26. The van der Waals surface area contributed by atoms with Gasteiger partial charge in [-0.05, 0) is 51.7 Å². The van der Waals surface area contributed by atoms with Gasteiger partial charge in [-0.3, -0.25) is 10.1 Å². The molecule has 0 atom stereocenters. The monoisotopic (exact) mass is 353 g/mol. The molecule has 2 rings (SSSR count). The third-order valence-corrected chi connectivity index (χ3v) is 3.61. The van der Waals surface area contributed by atoms with Crippen LogP contribution < -0.4 is 4.74 Å². The Labute approximate surface area is 129 Å². The minimum atomic E-state index is -0.463. The van der Waals surface area contributed by atoms with E-state index in [0.717, 1.165) is 11.1 Å². The molecule has 0 fully saturated rings. The zero-order valence-corrected chi connectivity index (χ0v) is 12.9. The van der Waals surface area contributed by atoms with Crippen LogP contribution in [0, 0.1) is 15.9 Å². The van der Waals surface area contributed by atoms with Gasteiger partial charge in [0.15, 0.2) is 5.75 Å². The third-order valence-electron chi connectivity index (χ3n) is 3.01. The Morgan fingerprint density at radius 3 is 2.57 bits per heavy atom. The normalized spacial score (nSPS) is 10.4. The molecule has 0 aliphatic carbocycles. The summed E-state index contributed by atoms with van der Waals surface area (Å²) in [6, 6.07) is 9.37. The minimum Gasteiger partial charge on any atom is -0.482 e. The number of ether oxygens (including phenoxy) is 1. The van der Waals surface area contributed by atoms with Gasteiger partial charge in [-0.1, -0.05) is 19.1 Å². The van der Waals surface area contributed by atoms with Gasteiger partial charge >= 0.3 is 5.69 Å². The lowest BCUT2D eigenvalue weighted by molar-refractivity contribution is -0.386. The molecule has 6 heteroatoms. The molecular weight excluding hydrogens is 341 g/mol. The first-order valence-corrected chi connectivity index (χ1v) is 7.14. The van der Waals surface area contributed by atoms with Crippen LogP contribution in [0.4, 0.5) is 10.1 Å². The van der Waals surface area contributed by atoms with E-state index in [1.807, 2.05) is 6.92 Å². The Hall–Kier alpha value is -1.95. The maximum Gasteiger partial charge on any atom is 0.311 e. The second kappa shape index (κ2) is 6.67. The predicted octanol–water partition coefficient (Wildman–Crippen LogP) is 4.64. The van der Waals surface area contributed by atoms with Crippen LogP contribution in [-0.4, -0.2) is 4.92 Å². The first kappa shape index (κ1) is 15.4. The van der Waals surface area contributed by atoms with Crippen LogP contribution in [0.2, 0.25) is 0 Å². The van der Waals surface area contributed by atoms with E-state index >= 15 is 0 Å². The number of nitro benzene ring substituents is 1. The number of halogens is 2. The number of rotatable bonds is 5. The molecule has 2 aromatic carbocycles. The fraction of sp³-hybridized carbons (Fsp3) is 0.200. The zero-order valence-electron chi connectivity index (χ0n) is 11.3. The molecule has 0 aromatic heterocycles. The van der Waals surface area contributed by atoms with Crippen LogP contribution >= 0.6 is 15.9 Å². The molecule has 0 radical (unpaired) electrons. The van der Waals surface area contributed by atoms with Crippen LogP contribution in [0.5, 0.6) is 5.75 Å². The molecule has 0 N–H and O–H groups in total. The van der Waals surface area contributed by atoms with Gasteiger partial charge in [0.1, 0.15) is 12.4 Å². The summed E-state index contributed by atoms with van der Waals surface area (Å²) in [5.41, 5.74) is 1.53. The average Bonchev–Trinajstić information content (AvgIpc) is 2.48. The van der Waals surface area contributed by atoms with E-state index in [0.29, 0.717) is 10.9 Å². The molecule has 0 spiro atoms. The maximum absolute atomic E-state index is 13.1. The molecule has 2 aromatic rings. The van der Waals surface area contributed by atoms with Gasteiger partial charge in [-0.2, -0.15) is 0 Å². The highest BCUT2D eigenvalue weighted by Crippen LogP contribution is 2.29. The standard InChI is InChI=1S/C15H13BrFNO3/c1-2-10-4-6-15(14(8-10)18(19)20)21-9-11-3-5-13(17)12(16)7-11/h3-8H,2,9H2,1H3. The van der Waals surface area contributed by atoms with Crippen LogP contribution in [0.3, 0.4) is 0 Å². The quantitative estimate of drug-likeness (QED) is 0.581. The largest absolute Gasteiger partial charge is 0.482 e. The average molecular weight is 354 g/mol. The number of hydrogen-bond acceptors (Lipinski definition) is 3. The van der Waals surface area contributed by atoms with Gasteiger partial charge in [0, 0.05) is 6.07 Å². The Kier molecular flexibility index (Phi) is 4.90. The molecule has 21 heavy (non-hydrogen) atoms. The summed E-state index contributed by atoms with van der Waals surface area (Å²) in [6.07, 6.45) is 0.714. The summed E-state index contributed by atoms with van der Waals surface area (Å²) in [5, 5.41) is 11.1. The lowest BCUT2D eigenvalue weighted by atomic mass is 10.1. The molecule has 0 saturated carbocycles. The van der Waals surface area contributed by atoms with E-state index in [4.69, 9.17) is 4.74 Å². The highest BCUT2D eigenvalue weighted by Gasteiger charge is 2.15. The van der Waals surface area contributed by atoms with Crippen molar-refractivity contribution >= 4 is 21.6 Å². The second-order valence-electron chi connectivity index (χ2n) is 4.45. The van der Waals surface area contributed by atoms with Gasteiger partial charge < -0.3 is 4.74 Å². The lowest BCUT2D eigenvalue weighted by Crippen LogP contribution is -2.00. The summed E-state index contributed by atoms with van der Waals surface area (Å²) in [5.74, 6) is -0.158. The SMILES string of the molecule is CCc1ccc(OCc2ccc(F)c(Br)c2)c([N+](=O)[O-])c1. The van der Waals surface area contributed by atoms with Crippen molar-refractivity contribution < 1.29 is 14.1 Å². The molecule has 4 nitrogen and oxygen atoms in total. The first-order valence-electron chi connectivity index (χ1n) is 6.35. The Morgan fingerprint density at radius 1 is 1.24 bits per heavy atom. The maximum atomic E-state index is 13.1. The molecule has 0 heterocycles. The summed E-state index contributed by atoms with van der Waals surface area (Å²) in [7, 11) is 0. The van der Waals surface area contributed by atoms with Crippen molar-refractivity contribution in [1.29, 1.82) is 0 Å². The smallest absolute Gasteiger partial charge is 0.311 e. The first-order chi connectivity index (χ1) is 10.0. The van der Waals surface area contributed by atoms with Gasteiger partial charge in [-0.25, -0.2) is 4.39 Å². The van der Waals surface area contributed by atoms with Gasteiger partial charge in [-0.15, -0.1) is 0 Å². The van der Waals surface area contributed by atoms with Crippen molar-refractivity contribution in [3.63, 3.8) is 0 Å². The van der Waals surface area contributed by atoms with Crippen LogP contribution in [0.25, 0.3) is 0 Å². The summed E-state index contributed by atoms with van der Waals surface area (Å²) < 4.78 is 19.0. The van der Waals surface area contributed by atoms with Crippen molar-refractivity contribution in [2.45, 2.75) is 20.0 Å². The molecule has 0 amide bonds. The third kappa shape index (κ3) is 3.78. The van der Waals surface area contributed by atoms with E-state index in [9.17, 15) is 14.5 Å². The predicted molar refractivity (Wildman–Crippen MR) is 80.9 cm³/mol. The van der Waals surface area contributed by atoms with Crippen molar-refractivity contribution in [1.82, 2.24) is 0 Å². The Morgan fingerprint density at radius 2 is 1.95 bits per heavy atom. The Bertz CT molecular complexity index is 676. The van der Waals surface area contributed by atoms with E-state index < -0.39 is 4.92 Å². The van der Waals surface area contributed by atoms with Crippen molar-refractivity contribution in [3.8, 4) is 5.75 Å². The van der Waals surface area contributed by atoms with E-state index in [1.54, 1.807) is 24.3 Å². The Balaban J connectivity index is 2.19. The molecular formula is C15H13BrFNO3. The van der Waals surface area contributed by atoms with E-state index in [2.05, 4.69) is 15.9 Å². The van der Waals surface area contributed by atoms with Crippen molar-refractivity contribution in [2.24, 2.45) is 0 Å². The van der Waals surface area contributed by atoms with Gasteiger partial charge in [0.25, 0.3) is 0 Å². The lowest BCUT2D eigenvalue weighted by Gasteiger charge is -2.08. The summed E-state index contributed by atoms with van der Waals surface area (Å²) in [4.78, 5) is 10.6. The van der Waals surface area contributed by atoms with Gasteiger partial charge in [0.05, 0.1) is 9.40 Å². The number of benzene rings is 2. The number of hydrogen-bond donors (Lipinski definition) is 0. The minimum absolute atomic E-state index is 0.0597. The summed E-state index contributed by atoms with van der Waals surface area (Å²) in [6.45, 7) is 2.06. The number of nitrogens with zero attached hydrogens (tertiary/aromatic N) is 1. The number of nitro groups is 1. The molecule has 0 saturated heterocycles. The van der Waals surface area contributed by atoms with Gasteiger partial charge in [0.2, 0.25) is 0 Å². The highest BCUT2D eigenvalue weighted by molar-refractivity contribution is 9.10. The van der Waals surface area contributed by atoms with E-state index in [1.165, 1.54) is 12.1 Å². The second-order valence-corrected chi connectivity index (χ2v) is 5.30. The van der Waals surface area contributed by atoms with Crippen LogP contribution in [0.1, 0.15) is 18.1 Å². The molecule has 0 aliphatic heterocycles. The van der Waals surface area contributed by atoms with Crippen molar-refractivity contribution in [2.75, 3.05) is 0 Å². The topological polar surface area (TPSA) is 52.4 Å². The summed E-state index contributed by atoms with van der Waals surface area (Å²) >= 11 is 3.09. The fourth-order valence-electron chi connectivity index (χ4n) is 1.84. The van der Waals surface area contributed by atoms with Crippen LogP contribution in [0.15, 0.2) is 40.9 Å². The molecule has 0 unspecified atom stereocenters. The molecule has 110 valence electrons. The zero-order chi connectivity index (χ0) is 15.4.